The number of nitrogens with zero attached hydrogens (tertiary/aromatic N) is 2. The van der Waals surface area contributed by atoms with Gasteiger partial charge in [-0.2, -0.15) is 0 Å². The number of para-hydroxylation sites is 1. The first-order valence-corrected chi connectivity index (χ1v) is 9.15. The van der Waals surface area contributed by atoms with E-state index in [1.165, 1.54) is 11.3 Å². The van der Waals surface area contributed by atoms with E-state index in [0.29, 0.717) is 16.4 Å². The molecule has 0 saturated carbocycles. The summed E-state index contributed by atoms with van der Waals surface area (Å²) in [7, 11) is 0. The molecular weight excluding hydrogens is 342 g/mol. The van der Waals surface area contributed by atoms with Crippen LogP contribution in [-0.4, -0.2) is 21.9 Å². The van der Waals surface area contributed by atoms with Crippen LogP contribution in [0.2, 0.25) is 0 Å². The maximum atomic E-state index is 12.4. The fourth-order valence-electron chi connectivity index (χ4n) is 1.94. The van der Waals surface area contributed by atoms with Crippen molar-refractivity contribution < 1.29 is 9.53 Å². The maximum Gasteiger partial charge on any atom is 0.257 e. The molecule has 24 heavy (non-hydrogen) atoms. The number of ether oxygens (including phenoxy) is 1. The number of carbonyl (C=O) groups excluding carboxylic acids is 1. The van der Waals surface area contributed by atoms with Gasteiger partial charge in [-0.3, -0.25) is 10.1 Å². The Balaban J connectivity index is 1.69. The molecule has 0 unspecified atom stereocenters. The number of benzene rings is 2. The lowest BCUT2D eigenvalue weighted by molar-refractivity contribution is 0.102. The molecule has 3 rings (SSSR count). The Labute approximate surface area is 148 Å². The van der Waals surface area contributed by atoms with Crippen molar-refractivity contribution in [3.63, 3.8) is 0 Å². The molecule has 1 aromatic heterocycles. The van der Waals surface area contributed by atoms with E-state index in [1.807, 2.05) is 43.3 Å². The quantitative estimate of drug-likeness (QED) is 0.512. The zero-order valence-corrected chi connectivity index (χ0v) is 14.6. The number of amides is 1. The lowest BCUT2D eigenvalue weighted by Gasteiger charge is -2.07. The third-order valence-electron chi connectivity index (χ3n) is 2.97. The highest BCUT2D eigenvalue weighted by molar-refractivity contribution is 8.01. The predicted octanol–water partition coefficient (Wildman–Crippen LogP) is 4.69. The molecule has 0 radical (unpaired) electrons. The molecular formula is C17H15N3O2S2. The van der Waals surface area contributed by atoms with Gasteiger partial charge in [0.05, 0.1) is 0 Å². The zero-order chi connectivity index (χ0) is 16.8. The van der Waals surface area contributed by atoms with Gasteiger partial charge in [0, 0.05) is 5.56 Å². The molecule has 1 amide bonds. The van der Waals surface area contributed by atoms with Crippen LogP contribution in [0.5, 0.6) is 11.5 Å². The molecule has 0 fully saturated rings. The average Bonchev–Trinajstić information content (AvgIpc) is 3.03. The highest BCUT2D eigenvalue weighted by Crippen LogP contribution is 2.26. The van der Waals surface area contributed by atoms with Crippen LogP contribution in [0.1, 0.15) is 17.3 Å². The Morgan fingerprint density at radius 2 is 1.92 bits per heavy atom. The first kappa shape index (κ1) is 16.5. The van der Waals surface area contributed by atoms with E-state index in [-0.39, 0.29) is 5.91 Å². The summed E-state index contributed by atoms with van der Waals surface area (Å²) in [5.74, 6) is 2.01. The van der Waals surface area contributed by atoms with E-state index in [4.69, 9.17) is 4.74 Å². The fourth-order valence-corrected chi connectivity index (χ4v) is 3.58. The minimum absolute atomic E-state index is 0.238. The van der Waals surface area contributed by atoms with Crippen molar-refractivity contribution in [2.24, 2.45) is 0 Å². The summed E-state index contributed by atoms with van der Waals surface area (Å²) in [6.45, 7) is 2.04. The van der Waals surface area contributed by atoms with Gasteiger partial charge >= 0.3 is 0 Å². The molecule has 5 nitrogen and oxygen atoms in total. The van der Waals surface area contributed by atoms with Crippen molar-refractivity contribution >= 4 is 34.1 Å². The van der Waals surface area contributed by atoms with E-state index in [0.717, 1.165) is 15.8 Å². The van der Waals surface area contributed by atoms with Crippen molar-refractivity contribution in [2.45, 2.75) is 11.3 Å². The number of rotatable bonds is 6. The molecule has 0 bridgehead atoms. The Bertz CT molecular complexity index is 821. The van der Waals surface area contributed by atoms with Crippen LogP contribution in [0.15, 0.2) is 58.9 Å². The van der Waals surface area contributed by atoms with Crippen LogP contribution in [0.4, 0.5) is 5.13 Å². The minimum Gasteiger partial charge on any atom is -0.457 e. The molecule has 0 aliphatic rings. The number of hydrogen-bond acceptors (Lipinski definition) is 6. The van der Waals surface area contributed by atoms with Crippen LogP contribution in [0.25, 0.3) is 0 Å². The van der Waals surface area contributed by atoms with Gasteiger partial charge in [-0.05, 0) is 36.1 Å². The highest BCUT2D eigenvalue weighted by Gasteiger charge is 2.11. The standard InChI is InChI=1S/C17H15N3O2S2/c1-2-23-17-20-19-16(24-17)18-15(21)12-7-6-10-14(11-12)22-13-8-4-3-5-9-13/h3-11H,2H2,1H3,(H,18,19,21). The molecule has 1 N–H and O–H groups in total. The molecule has 2 aromatic carbocycles. The number of carbonyl (C=O) groups is 1. The molecule has 0 atom stereocenters. The monoisotopic (exact) mass is 357 g/mol. The Hall–Kier alpha value is -2.38. The van der Waals surface area contributed by atoms with Gasteiger partial charge in [-0.15, -0.1) is 10.2 Å². The average molecular weight is 357 g/mol. The predicted molar refractivity (Wildman–Crippen MR) is 97.2 cm³/mol. The van der Waals surface area contributed by atoms with Crippen LogP contribution < -0.4 is 10.1 Å². The molecule has 7 heteroatoms. The van der Waals surface area contributed by atoms with E-state index in [1.54, 1.807) is 30.0 Å². The lowest BCUT2D eigenvalue weighted by Crippen LogP contribution is -2.11. The van der Waals surface area contributed by atoms with Gasteiger partial charge < -0.3 is 4.74 Å². The molecule has 0 saturated heterocycles. The summed E-state index contributed by atoms with van der Waals surface area (Å²) in [6, 6.07) is 16.5. The van der Waals surface area contributed by atoms with Crippen molar-refractivity contribution in [3.05, 3.63) is 60.2 Å². The normalized spacial score (nSPS) is 10.4. The summed E-state index contributed by atoms with van der Waals surface area (Å²) in [5, 5.41) is 11.2. The topological polar surface area (TPSA) is 64.1 Å². The smallest absolute Gasteiger partial charge is 0.257 e. The van der Waals surface area contributed by atoms with Crippen LogP contribution in [-0.2, 0) is 0 Å². The largest absolute Gasteiger partial charge is 0.457 e. The molecule has 0 spiro atoms. The van der Waals surface area contributed by atoms with Crippen LogP contribution in [0, 0.1) is 0 Å². The summed E-state index contributed by atoms with van der Waals surface area (Å²) >= 11 is 2.96. The van der Waals surface area contributed by atoms with Crippen LogP contribution >= 0.6 is 23.1 Å². The summed E-state index contributed by atoms with van der Waals surface area (Å²) in [6.07, 6.45) is 0. The number of thioether (sulfide) groups is 1. The highest BCUT2D eigenvalue weighted by atomic mass is 32.2. The number of hydrogen-bond donors (Lipinski definition) is 1. The van der Waals surface area contributed by atoms with Crippen molar-refractivity contribution in [1.29, 1.82) is 0 Å². The lowest BCUT2D eigenvalue weighted by atomic mass is 10.2. The molecule has 122 valence electrons. The van der Waals surface area contributed by atoms with E-state index < -0.39 is 0 Å². The maximum absolute atomic E-state index is 12.4. The van der Waals surface area contributed by atoms with E-state index in [2.05, 4.69) is 15.5 Å². The molecule has 0 aliphatic heterocycles. The van der Waals surface area contributed by atoms with E-state index in [9.17, 15) is 4.79 Å². The van der Waals surface area contributed by atoms with Crippen LogP contribution in [0.3, 0.4) is 0 Å². The van der Waals surface area contributed by atoms with Crippen molar-refractivity contribution in [3.8, 4) is 11.5 Å². The molecule has 0 aliphatic carbocycles. The Kier molecular flexibility index (Phi) is 5.45. The van der Waals surface area contributed by atoms with Gasteiger partial charge in [0.1, 0.15) is 11.5 Å². The second kappa shape index (κ2) is 7.94. The molecule has 1 heterocycles. The third kappa shape index (κ3) is 4.33. The minimum atomic E-state index is -0.238. The van der Waals surface area contributed by atoms with Gasteiger partial charge in [-0.25, -0.2) is 0 Å². The van der Waals surface area contributed by atoms with Crippen molar-refractivity contribution in [2.75, 3.05) is 11.1 Å². The SMILES string of the molecule is CCSc1nnc(NC(=O)c2cccc(Oc3ccccc3)c2)s1. The van der Waals surface area contributed by atoms with E-state index >= 15 is 0 Å². The second-order valence-corrected chi connectivity index (χ2v) is 7.19. The molecule has 3 aromatic rings. The van der Waals surface area contributed by atoms with Gasteiger partial charge in [0.15, 0.2) is 4.34 Å². The summed E-state index contributed by atoms with van der Waals surface area (Å²) < 4.78 is 6.59. The fraction of sp³-hybridized carbons (Fsp3) is 0.118. The Morgan fingerprint density at radius 3 is 2.71 bits per heavy atom. The number of aromatic nitrogens is 2. The van der Waals surface area contributed by atoms with Crippen molar-refractivity contribution in [1.82, 2.24) is 10.2 Å². The Morgan fingerprint density at radius 1 is 1.12 bits per heavy atom. The first-order chi connectivity index (χ1) is 11.7. The number of nitrogens with one attached hydrogen (secondary N) is 1. The van der Waals surface area contributed by atoms with Gasteiger partial charge in [-0.1, -0.05) is 54.3 Å². The van der Waals surface area contributed by atoms with Gasteiger partial charge in [0.2, 0.25) is 5.13 Å². The first-order valence-electron chi connectivity index (χ1n) is 7.35. The number of anilines is 1. The third-order valence-corrected chi connectivity index (χ3v) is 4.82. The van der Waals surface area contributed by atoms with Gasteiger partial charge in [0.25, 0.3) is 5.91 Å². The summed E-state index contributed by atoms with van der Waals surface area (Å²) in [5.41, 5.74) is 0.503. The zero-order valence-electron chi connectivity index (χ0n) is 12.9. The second-order valence-electron chi connectivity index (χ2n) is 4.70. The summed E-state index contributed by atoms with van der Waals surface area (Å²) in [4.78, 5) is 12.4.